The van der Waals surface area contributed by atoms with Crippen molar-refractivity contribution in [2.45, 2.75) is 18.9 Å². The molecule has 0 spiro atoms. The molecule has 2 N–H and O–H groups in total. The number of para-hydroxylation sites is 1. The minimum Gasteiger partial charge on any atom is -0.388 e. The highest BCUT2D eigenvalue weighted by molar-refractivity contribution is 7.80. The zero-order chi connectivity index (χ0) is 17.6. The second-order valence-electron chi connectivity index (χ2n) is 6.27. The van der Waals surface area contributed by atoms with Gasteiger partial charge in [0.05, 0.1) is 17.4 Å². The second-order valence-corrected chi connectivity index (χ2v) is 6.65. The summed E-state index contributed by atoms with van der Waals surface area (Å²) in [7, 11) is 0. The second kappa shape index (κ2) is 8.11. The molecule has 0 amide bonds. The van der Waals surface area contributed by atoms with E-state index in [2.05, 4.69) is 16.3 Å². The predicted octanol–water partition coefficient (Wildman–Crippen LogP) is 3.70. The number of aliphatic hydroxyl groups excluding tert-OH is 1. The average Bonchev–Trinajstić information content (AvgIpc) is 2.68. The monoisotopic (exact) mass is 351 g/mol. The molecule has 1 aliphatic heterocycles. The molecule has 0 unspecified atom stereocenters. The molecule has 3 rings (SSSR count). The van der Waals surface area contributed by atoms with E-state index in [-0.39, 0.29) is 5.92 Å². The molecular weight excluding hydrogens is 330 g/mol. The molecule has 0 aliphatic carbocycles. The van der Waals surface area contributed by atoms with E-state index in [4.69, 9.17) is 12.2 Å². The van der Waals surface area contributed by atoms with Crippen LogP contribution >= 0.6 is 12.2 Å². The number of nitriles is 1. The first kappa shape index (κ1) is 17.4. The number of thiocarbonyl (C=S) groups is 1. The third kappa shape index (κ3) is 4.16. The summed E-state index contributed by atoms with van der Waals surface area (Å²) in [5.41, 5.74) is 2.30. The lowest BCUT2D eigenvalue weighted by atomic mass is 9.87. The predicted molar refractivity (Wildman–Crippen MR) is 103 cm³/mol. The zero-order valence-electron chi connectivity index (χ0n) is 13.9. The lowest BCUT2D eigenvalue weighted by Crippen LogP contribution is -2.42. The molecule has 2 aromatic carbocycles. The first-order chi connectivity index (χ1) is 12.2. The lowest BCUT2D eigenvalue weighted by molar-refractivity contribution is 0.0744. The van der Waals surface area contributed by atoms with Crippen molar-refractivity contribution in [3.8, 4) is 6.07 Å². The lowest BCUT2D eigenvalue weighted by Gasteiger charge is -2.36. The van der Waals surface area contributed by atoms with E-state index >= 15 is 0 Å². The van der Waals surface area contributed by atoms with Crippen molar-refractivity contribution in [3.63, 3.8) is 0 Å². The van der Waals surface area contributed by atoms with Gasteiger partial charge in [0.2, 0.25) is 0 Å². The SMILES string of the molecule is N#Cc1ccccc1NC(=S)N1CCC([C@H](O)c2ccccc2)CC1. The Bertz CT molecular complexity index is 764. The van der Waals surface area contributed by atoms with Crippen molar-refractivity contribution in [2.75, 3.05) is 18.4 Å². The molecule has 128 valence electrons. The Morgan fingerprint density at radius 3 is 2.44 bits per heavy atom. The van der Waals surface area contributed by atoms with Crippen LogP contribution in [0.1, 0.15) is 30.1 Å². The average molecular weight is 351 g/mol. The Balaban J connectivity index is 1.57. The molecule has 0 radical (unpaired) electrons. The molecule has 1 atom stereocenters. The van der Waals surface area contributed by atoms with Gasteiger partial charge in [-0.2, -0.15) is 5.26 Å². The van der Waals surface area contributed by atoms with Gasteiger partial charge in [-0.25, -0.2) is 0 Å². The fourth-order valence-corrected chi connectivity index (χ4v) is 3.52. The first-order valence-electron chi connectivity index (χ1n) is 8.47. The van der Waals surface area contributed by atoms with Gasteiger partial charge in [-0.05, 0) is 48.7 Å². The van der Waals surface area contributed by atoms with E-state index in [0.717, 1.165) is 37.2 Å². The van der Waals surface area contributed by atoms with E-state index in [1.54, 1.807) is 6.07 Å². The van der Waals surface area contributed by atoms with Gasteiger partial charge in [0.15, 0.2) is 5.11 Å². The van der Waals surface area contributed by atoms with Crippen molar-refractivity contribution in [1.82, 2.24) is 4.90 Å². The molecule has 4 nitrogen and oxygen atoms in total. The number of hydrogen-bond acceptors (Lipinski definition) is 3. The first-order valence-corrected chi connectivity index (χ1v) is 8.88. The molecule has 0 aromatic heterocycles. The molecule has 0 bridgehead atoms. The summed E-state index contributed by atoms with van der Waals surface area (Å²) in [6.07, 6.45) is 1.35. The summed E-state index contributed by atoms with van der Waals surface area (Å²) in [6.45, 7) is 1.60. The molecule has 5 heteroatoms. The summed E-state index contributed by atoms with van der Waals surface area (Å²) in [4.78, 5) is 2.11. The van der Waals surface area contributed by atoms with Gasteiger partial charge in [0, 0.05) is 13.1 Å². The fourth-order valence-electron chi connectivity index (χ4n) is 3.22. The Morgan fingerprint density at radius 1 is 1.12 bits per heavy atom. The maximum Gasteiger partial charge on any atom is 0.173 e. The van der Waals surface area contributed by atoms with Crippen LogP contribution in [0.2, 0.25) is 0 Å². The quantitative estimate of drug-likeness (QED) is 0.826. The number of anilines is 1. The minimum atomic E-state index is -0.427. The number of nitrogens with zero attached hydrogens (tertiary/aromatic N) is 2. The Kier molecular flexibility index (Phi) is 5.64. The summed E-state index contributed by atoms with van der Waals surface area (Å²) >= 11 is 5.50. The molecular formula is C20H21N3OS. The number of aliphatic hydroxyl groups is 1. The summed E-state index contributed by atoms with van der Waals surface area (Å²) in [5.74, 6) is 0.243. The Morgan fingerprint density at radius 2 is 1.76 bits per heavy atom. The van der Waals surface area contributed by atoms with E-state index in [1.165, 1.54) is 0 Å². The van der Waals surface area contributed by atoms with Crippen LogP contribution in [0, 0.1) is 17.2 Å². The van der Waals surface area contributed by atoms with E-state index in [0.29, 0.717) is 10.7 Å². The van der Waals surface area contributed by atoms with Gasteiger partial charge in [-0.1, -0.05) is 42.5 Å². The number of piperidine rings is 1. The van der Waals surface area contributed by atoms with Crippen LogP contribution in [0.15, 0.2) is 54.6 Å². The standard InChI is InChI=1S/C20H21N3OS/c21-14-17-8-4-5-9-18(17)22-20(25)23-12-10-16(11-13-23)19(24)15-6-2-1-3-7-15/h1-9,16,19,24H,10-13H2,(H,22,25)/t19-/m1/s1. The normalized spacial score (nSPS) is 16.1. The van der Waals surface area contributed by atoms with Gasteiger partial charge in [0.1, 0.15) is 6.07 Å². The number of nitrogens with one attached hydrogen (secondary N) is 1. The minimum absolute atomic E-state index is 0.243. The summed E-state index contributed by atoms with van der Waals surface area (Å²) < 4.78 is 0. The van der Waals surface area contributed by atoms with E-state index in [9.17, 15) is 10.4 Å². The molecule has 1 heterocycles. The third-order valence-electron chi connectivity index (χ3n) is 4.70. The van der Waals surface area contributed by atoms with Crippen molar-refractivity contribution in [1.29, 1.82) is 5.26 Å². The molecule has 1 saturated heterocycles. The van der Waals surface area contributed by atoms with Crippen molar-refractivity contribution in [2.24, 2.45) is 5.92 Å². The Hall–Kier alpha value is -2.42. The van der Waals surface area contributed by atoms with Crippen molar-refractivity contribution >= 4 is 23.0 Å². The fraction of sp³-hybridized carbons (Fsp3) is 0.300. The van der Waals surface area contributed by atoms with Gasteiger partial charge < -0.3 is 15.3 Å². The van der Waals surface area contributed by atoms with E-state index < -0.39 is 6.10 Å². The summed E-state index contributed by atoms with van der Waals surface area (Å²) in [6, 6.07) is 19.3. The highest BCUT2D eigenvalue weighted by Crippen LogP contribution is 2.30. The molecule has 1 fully saturated rings. The van der Waals surface area contributed by atoms with Crippen molar-refractivity contribution < 1.29 is 5.11 Å². The van der Waals surface area contributed by atoms with Crippen LogP contribution in [0.4, 0.5) is 5.69 Å². The van der Waals surface area contributed by atoms with Crippen LogP contribution in [0.25, 0.3) is 0 Å². The third-order valence-corrected chi connectivity index (χ3v) is 5.06. The maximum atomic E-state index is 10.6. The largest absolute Gasteiger partial charge is 0.388 e. The molecule has 2 aromatic rings. The van der Waals surface area contributed by atoms with Crippen LogP contribution < -0.4 is 5.32 Å². The number of hydrogen-bond donors (Lipinski definition) is 2. The van der Waals surface area contributed by atoms with Crippen LogP contribution in [-0.2, 0) is 0 Å². The van der Waals surface area contributed by atoms with Crippen LogP contribution in [-0.4, -0.2) is 28.2 Å². The number of likely N-dealkylation sites (tertiary alicyclic amines) is 1. The van der Waals surface area contributed by atoms with Crippen molar-refractivity contribution in [3.05, 3.63) is 65.7 Å². The zero-order valence-corrected chi connectivity index (χ0v) is 14.7. The van der Waals surface area contributed by atoms with Crippen LogP contribution in [0.5, 0.6) is 0 Å². The molecule has 25 heavy (non-hydrogen) atoms. The maximum absolute atomic E-state index is 10.6. The van der Waals surface area contributed by atoms with Gasteiger partial charge >= 0.3 is 0 Å². The smallest absolute Gasteiger partial charge is 0.173 e. The number of benzene rings is 2. The highest BCUT2D eigenvalue weighted by atomic mass is 32.1. The van der Waals surface area contributed by atoms with E-state index in [1.807, 2.05) is 48.5 Å². The topological polar surface area (TPSA) is 59.3 Å². The van der Waals surface area contributed by atoms with Gasteiger partial charge in [-0.3, -0.25) is 0 Å². The molecule has 0 saturated carbocycles. The number of rotatable bonds is 3. The Labute approximate surface area is 153 Å². The van der Waals surface area contributed by atoms with Crippen LogP contribution in [0.3, 0.4) is 0 Å². The molecule has 1 aliphatic rings. The van der Waals surface area contributed by atoms with Gasteiger partial charge in [0.25, 0.3) is 0 Å². The summed E-state index contributed by atoms with van der Waals surface area (Å²) in [5, 5.41) is 23.6. The highest BCUT2D eigenvalue weighted by Gasteiger charge is 2.27. The van der Waals surface area contributed by atoms with Gasteiger partial charge in [-0.15, -0.1) is 0 Å².